The lowest BCUT2D eigenvalue weighted by Crippen LogP contribution is -2.14. The van der Waals surface area contributed by atoms with Crippen molar-refractivity contribution in [2.24, 2.45) is 0 Å². The molecule has 100 valence electrons. The third kappa shape index (κ3) is 2.19. The van der Waals surface area contributed by atoms with Crippen molar-refractivity contribution in [2.75, 3.05) is 6.61 Å². The quantitative estimate of drug-likeness (QED) is 0.661. The Bertz CT molecular complexity index is 716. The lowest BCUT2D eigenvalue weighted by atomic mass is 10.1. The third-order valence-electron chi connectivity index (χ3n) is 3.52. The molecule has 1 aliphatic rings. The first-order chi connectivity index (χ1) is 9.92. The fourth-order valence-electron chi connectivity index (χ4n) is 2.43. The number of epoxide rings is 1. The minimum absolute atomic E-state index is 0.0242. The molecule has 20 heavy (non-hydrogen) atoms. The van der Waals surface area contributed by atoms with Gasteiger partial charge >= 0.3 is 0 Å². The number of rotatable bonds is 4. The lowest BCUT2D eigenvalue weighted by molar-refractivity contribution is 0.164. The van der Waals surface area contributed by atoms with Gasteiger partial charge in [-0.05, 0) is 28.5 Å². The summed E-state index contributed by atoms with van der Waals surface area (Å²) >= 11 is 1.72. The van der Waals surface area contributed by atoms with E-state index in [9.17, 15) is 0 Å². The van der Waals surface area contributed by atoms with Gasteiger partial charge in [-0.15, -0.1) is 11.3 Å². The SMILES string of the molecule is c1ccc([C@@H](Oc2cccc3ccsc23)[C@H]2CO2)cc1. The van der Waals surface area contributed by atoms with E-state index in [1.54, 1.807) is 11.3 Å². The van der Waals surface area contributed by atoms with E-state index in [-0.39, 0.29) is 12.2 Å². The first-order valence-electron chi connectivity index (χ1n) is 6.71. The maximum absolute atomic E-state index is 6.28. The predicted molar refractivity (Wildman–Crippen MR) is 81.4 cm³/mol. The van der Waals surface area contributed by atoms with Crippen LogP contribution in [0.4, 0.5) is 0 Å². The summed E-state index contributed by atoms with van der Waals surface area (Å²) in [7, 11) is 0. The Kier molecular flexibility index (Phi) is 2.94. The molecule has 1 aromatic heterocycles. The maximum Gasteiger partial charge on any atom is 0.152 e. The molecule has 2 atom stereocenters. The van der Waals surface area contributed by atoms with Crippen LogP contribution in [0.3, 0.4) is 0 Å². The second-order valence-corrected chi connectivity index (χ2v) is 5.83. The molecule has 0 amide bonds. The van der Waals surface area contributed by atoms with Crippen LogP contribution in [0.5, 0.6) is 5.75 Å². The van der Waals surface area contributed by atoms with Gasteiger partial charge < -0.3 is 9.47 Å². The van der Waals surface area contributed by atoms with Gasteiger partial charge in [0.05, 0.1) is 11.3 Å². The molecule has 2 heterocycles. The summed E-state index contributed by atoms with van der Waals surface area (Å²) in [4.78, 5) is 0. The van der Waals surface area contributed by atoms with Gasteiger partial charge in [-0.1, -0.05) is 42.5 Å². The minimum atomic E-state index is -0.0242. The predicted octanol–water partition coefficient (Wildman–Crippen LogP) is 4.42. The van der Waals surface area contributed by atoms with Gasteiger partial charge in [0.25, 0.3) is 0 Å². The molecule has 0 radical (unpaired) electrons. The van der Waals surface area contributed by atoms with E-state index in [1.807, 2.05) is 30.3 Å². The molecular formula is C17H14O2S. The molecule has 3 aromatic rings. The summed E-state index contributed by atoms with van der Waals surface area (Å²) in [5.41, 5.74) is 1.17. The summed E-state index contributed by atoms with van der Waals surface area (Å²) in [5.74, 6) is 0.946. The second kappa shape index (κ2) is 4.93. The minimum Gasteiger partial charge on any atom is -0.481 e. The van der Waals surface area contributed by atoms with Gasteiger partial charge in [0.2, 0.25) is 0 Å². The molecule has 1 fully saturated rings. The Hall–Kier alpha value is -1.84. The standard InChI is InChI=1S/C17H14O2S/c1-2-5-12(6-3-1)16(15-11-18-15)19-14-8-4-7-13-9-10-20-17(13)14/h1-10,15-16H,11H2/t15-,16-/m1/s1. The van der Waals surface area contributed by atoms with Gasteiger partial charge in [-0.2, -0.15) is 0 Å². The van der Waals surface area contributed by atoms with Crippen molar-refractivity contribution in [1.29, 1.82) is 0 Å². The van der Waals surface area contributed by atoms with Gasteiger partial charge in [0.15, 0.2) is 6.10 Å². The number of fused-ring (bicyclic) bond motifs is 1. The molecule has 0 N–H and O–H groups in total. The average Bonchev–Trinajstić information content (AvgIpc) is 3.22. The van der Waals surface area contributed by atoms with Crippen molar-refractivity contribution in [3.05, 3.63) is 65.5 Å². The number of thiophene rings is 1. The first kappa shape index (κ1) is 11.9. The fraction of sp³-hybridized carbons (Fsp3) is 0.176. The number of ether oxygens (including phenoxy) is 2. The normalized spacial score (nSPS) is 18.9. The van der Waals surface area contributed by atoms with Crippen LogP contribution in [0.15, 0.2) is 60.0 Å². The lowest BCUT2D eigenvalue weighted by Gasteiger charge is -2.18. The molecule has 0 unspecified atom stereocenters. The van der Waals surface area contributed by atoms with Crippen molar-refractivity contribution in [1.82, 2.24) is 0 Å². The van der Waals surface area contributed by atoms with Crippen LogP contribution in [0, 0.1) is 0 Å². The van der Waals surface area contributed by atoms with E-state index >= 15 is 0 Å². The molecule has 0 bridgehead atoms. The van der Waals surface area contributed by atoms with Crippen molar-refractivity contribution in [3.8, 4) is 5.75 Å². The van der Waals surface area contributed by atoms with Crippen LogP contribution in [0.1, 0.15) is 11.7 Å². The monoisotopic (exact) mass is 282 g/mol. The Balaban J connectivity index is 1.70. The van der Waals surface area contributed by atoms with Crippen LogP contribution in [0.2, 0.25) is 0 Å². The zero-order valence-electron chi connectivity index (χ0n) is 10.9. The number of hydrogen-bond acceptors (Lipinski definition) is 3. The molecule has 0 spiro atoms. The highest BCUT2D eigenvalue weighted by atomic mass is 32.1. The van der Waals surface area contributed by atoms with Crippen LogP contribution < -0.4 is 4.74 Å². The van der Waals surface area contributed by atoms with E-state index in [1.165, 1.54) is 15.6 Å². The molecule has 0 saturated carbocycles. The van der Waals surface area contributed by atoms with Gasteiger partial charge in [0, 0.05) is 0 Å². The zero-order valence-corrected chi connectivity index (χ0v) is 11.7. The summed E-state index contributed by atoms with van der Waals surface area (Å²) in [5, 5.41) is 3.33. The Labute approximate surface area is 121 Å². The van der Waals surface area contributed by atoms with Crippen molar-refractivity contribution < 1.29 is 9.47 Å². The molecule has 0 aliphatic carbocycles. The molecular weight excluding hydrogens is 268 g/mol. The van der Waals surface area contributed by atoms with E-state index in [0.29, 0.717) is 0 Å². The highest BCUT2D eigenvalue weighted by Crippen LogP contribution is 2.37. The second-order valence-electron chi connectivity index (χ2n) is 4.92. The summed E-state index contributed by atoms with van der Waals surface area (Å²) in [6.07, 6.45) is 0.150. The Morgan fingerprint density at radius 2 is 1.90 bits per heavy atom. The van der Waals surface area contributed by atoms with E-state index in [0.717, 1.165) is 12.4 Å². The number of hydrogen-bond donors (Lipinski definition) is 0. The molecule has 1 aliphatic heterocycles. The van der Waals surface area contributed by atoms with Gasteiger partial charge in [0.1, 0.15) is 11.9 Å². The van der Waals surface area contributed by atoms with Crippen LogP contribution in [0.25, 0.3) is 10.1 Å². The molecule has 2 aromatic carbocycles. The summed E-state index contributed by atoms with van der Waals surface area (Å²) < 4.78 is 13.0. The van der Waals surface area contributed by atoms with E-state index in [4.69, 9.17) is 9.47 Å². The first-order valence-corrected chi connectivity index (χ1v) is 7.59. The van der Waals surface area contributed by atoms with E-state index in [2.05, 4.69) is 29.6 Å². The number of benzene rings is 2. The van der Waals surface area contributed by atoms with Gasteiger partial charge in [-0.3, -0.25) is 0 Å². The Morgan fingerprint density at radius 3 is 2.70 bits per heavy atom. The molecule has 2 nitrogen and oxygen atoms in total. The summed E-state index contributed by atoms with van der Waals surface area (Å²) in [6, 6.07) is 18.6. The topological polar surface area (TPSA) is 21.8 Å². The fourth-order valence-corrected chi connectivity index (χ4v) is 3.28. The average molecular weight is 282 g/mol. The highest BCUT2D eigenvalue weighted by Gasteiger charge is 2.36. The van der Waals surface area contributed by atoms with Crippen LogP contribution in [-0.2, 0) is 4.74 Å². The smallest absolute Gasteiger partial charge is 0.152 e. The van der Waals surface area contributed by atoms with Crippen molar-refractivity contribution in [3.63, 3.8) is 0 Å². The van der Waals surface area contributed by atoms with Crippen molar-refractivity contribution in [2.45, 2.75) is 12.2 Å². The molecule has 3 heteroatoms. The molecule has 1 saturated heterocycles. The molecule has 4 rings (SSSR count). The summed E-state index contributed by atoms with van der Waals surface area (Å²) in [6.45, 7) is 0.778. The van der Waals surface area contributed by atoms with Crippen LogP contribution >= 0.6 is 11.3 Å². The van der Waals surface area contributed by atoms with Gasteiger partial charge in [-0.25, -0.2) is 0 Å². The largest absolute Gasteiger partial charge is 0.481 e. The van der Waals surface area contributed by atoms with Crippen LogP contribution in [-0.4, -0.2) is 12.7 Å². The maximum atomic E-state index is 6.28. The third-order valence-corrected chi connectivity index (χ3v) is 4.47. The van der Waals surface area contributed by atoms with E-state index < -0.39 is 0 Å². The van der Waals surface area contributed by atoms with Crippen molar-refractivity contribution >= 4 is 21.4 Å². The zero-order chi connectivity index (χ0) is 13.4. The highest BCUT2D eigenvalue weighted by molar-refractivity contribution is 7.17. The Morgan fingerprint density at radius 1 is 1.05 bits per heavy atom.